The summed E-state index contributed by atoms with van der Waals surface area (Å²) in [5.74, 6) is 0.319. The lowest BCUT2D eigenvalue weighted by Crippen LogP contribution is -2.05. The van der Waals surface area contributed by atoms with Gasteiger partial charge in [-0.2, -0.15) is 0 Å². The van der Waals surface area contributed by atoms with Gasteiger partial charge in [-0.05, 0) is 48.6 Å². The molecule has 0 aromatic heterocycles. The van der Waals surface area contributed by atoms with Gasteiger partial charge in [-0.15, -0.1) is 0 Å². The van der Waals surface area contributed by atoms with E-state index >= 15 is 0 Å². The molecule has 1 saturated carbocycles. The summed E-state index contributed by atoms with van der Waals surface area (Å²) in [6.45, 7) is 0. The van der Waals surface area contributed by atoms with Crippen molar-refractivity contribution in [1.82, 2.24) is 0 Å². The highest BCUT2D eigenvalue weighted by Crippen LogP contribution is 2.21. The summed E-state index contributed by atoms with van der Waals surface area (Å²) >= 11 is 5.84. The fraction of sp³-hybridized carbons (Fsp3) is 0.400. The SMILES string of the molecule is O=C1CCCCCCC1=Cc1ccc(Cl)cc1. The van der Waals surface area contributed by atoms with Gasteiger partial charge in [0.1, 0.15) is 0 Å². The fourth-order valence-electron chi connectivity index (χ4n) is 2.17. The van der Waals surface area contributed by atoms with Crippen molar-refractivity contribution in [3.8, 4) is 0 Å². The molecule has 0 aliphatic heterocycles. The highest BCUT2D eigenvalue weighted by atomic mass is 35.5. The van der Waals surface area contributed by atoms with Crippen molar-refractivity contribution < 1.29 is 4.79 Å². The average Bonchev–Trinajstić information content (AvgIpc) is 2.31. The normalized spacial score (nSPS) is 20.1. The highest BCUT2D eigenvalue weighted by molar-refractivity contribution is 6.30. The minimum Gasteiger partial charge on any atom is -0.295 e. The highest BCUT2D eigenvalue weighted by Gasteiger charge is 2.12. The molecular weight excluding hydrogens is 232 g/mol. The molecule has 2 rings (SSSR count). The first-order chi connectivity index (χ1) is 8.25. The maximum absolute atomic E-state index is 11.9. The molecule has 1 aliphatic rings. The number of hydrogen-bond acceptors (Lipinski definition) is 1. The topological polar surface area (TPSA) is 17.1 Å². The quantitative estimate of drug-likeness (QED) is 0.662. The Hall–Kier alpha value is -1.08. The number of benzene rings is 1. The van der Waals surface area contributed by atoms with E-state index in [2.05, 4.69) is 0 Å². The Morgan fingerprint density at radius 3 is 2.29 bits per heavy atom. The van der Waals surface area contributed by atoms with Crippen LogP contribution in [0, 0.1) is 0 Å². The van der Waals surface area contributed by atoms with E-state index in [1.165, 1.54) is 12.8 Å². The molecule has 0 atom stereocenters. The van der Waals surface area contributed by atoms with Gasteiger partial charge in [0.15, 0.2) is 5.78 Å². The Kier molecular flexibility index (Phi) is 4.38. The zero-order chi connectivity index (χ0) is 12.1. The molecule has 0 spiro atoms. The van der Waals surface area contributed by atoms with Crippen LogP contribution in [-0.2, 0) is 4.79 Å². The number of rotatable bonds is 1. The van der Waals surface area contributed by atoms with Crippen molar-refractivity contribution in [3.05, 3.63) is 40.4 Å². The molecule has 0 unspecified atom stereocenters. The maximum Gasteiger partial charge on any atom is 0.158 e. The van der Waals surface area contributed by atoms with Gasteiger partial charge in [-0.25, -0.2) is 0 Å². The van der Waals surface area contributed by atoms with Crippen LogP contribution in [-0.4, -0.2) is 5.78 Å². The monoisotopic (exact) mass is 248 g/mol. The van der Waals surface area contributed by atoms with Crippen LogP contribution >= 0.6 is 11.6 Å². The summed E-state index contributed by atoms with van der Waals surface area (Å²) in [6, 6.07) is 7.64. The molecule has 0 bridgehead atoms. The second kappa shape index (κ2) is 6.02. The average molecular weight is 249 g/mol. The van der Waals surface area contributed by atoms with Crippen molar-refractivity contribution in [2.24, 2.45) is 0 Å². The Labute approximate surface area is 107 Å². The van der Waals surface area contributed by atoms with E-state index in [1.807, 2.05) is 30.3 Å². The lowest BCUT2D eigenvalue weighted by Gasteiger charge is -2.11. The van der Waals surface area contributed by atoms with Crippen molar-refractivity contribution in [1.29, 1.82) is 0 Å². The van der Waals surface area contributed by atoms with E-state index in [9.17, 15) is 4.79 Å². The van der Waals surface area contributed by atoms with Crippen molar-refractivity contribution in [3.63, 3.8) is 0 Å². The summed E-state index contributed by atoms with van der Waals surface area (Å²) in [7, 11) is 0. The van der Waals surface area contributed by atoms with Gasteiger partial charge in [0.05, 0.1) is 0 Å². The molecule has 0 radical (unpaired) electrons. The van der Waals surface area contributed by atoms with E-state index in [0.29, 0.717) is 12.2 Å². The first-order valence-electron chi connectivity index (χ1n) is 6.25. The van der Waals surface area contributed by atoms with Crippen LogP contribution < -0.4 is 0 Å². The standard InChI is InChI=1S/C15H17ClO/c16-14-9-7-12(8-10-14)11-13-5-3-1-2-4-6-15(13)17/h7-11H,1-6H2. The Bertz CT molecular complexity index is 417. The van der Waals surface area contributed by atoms with Crippen LogP contribution in [0.25, 0.3) is 6.08 Å². The summed E-state index contributed by atoms with van der Waals surface area (Å²) in [5, 5.41) is 0.733. The second-order valence-electron chi connectivity index (χ2n) is 4.56. The third-order valence-corrected chi connectivity index (χ3v) is 3.42. The lowest BCUT2D eigenvalue weighted by molar-refractivity contribution is -0.115. The molecule has 1 nitrogen and oxygen atoms in total. The summed E-state index contributed by atoms with van der Waals surface area (Å²) in [5.41, 5.74) is 2.05. The van der Waals surface area contributed by atoms with E-state index in [0.717, 1.165) is 35.4 Å². The van der Waals surface area contributed by atoms with Crippen molar-refractivity contribution >= 4 is 23.5 Å². The fourth-order valence-corrected chi connectivity index (χ4v) is 2.29. The van der Waals surface area contributed by atoms with E-state index in [4.69, 9.17) is 11.6 Å². The molecule has 2 heteroatoms. The third kappa shape index (κ3) is 3.71. The predicted octanol–water partition coefficient (Wildman–Crippen LogP) is 4.65. The number of allylic oxidation sites excluding steroid dienone is 1. The molecule has 0 saturated heterocycles. The Morgan fingerprint density at radius 2 is 1.59 bits per heavy atom. The molecule has 1 aromatic carbocycles. The molecule has 0 amide bonds. The Morgan fingerprint density at radius 1 is 0.941 bits per heavy atom. The van der Waals surface area contributed by atoms with Crippen LogP contribution in [0.2, 0.25) is 5.02 Å². The molecule has 17 heavy (non-hydrogen) atoms. The smallest absolute Gasteiger partial charge is 0.158 e. The maximum atomic E-state index is 11.9. The number of carbonyl (C=O) groups is 1. The van der Waals surface area contributed by atoms with Gasteiger partial charge in [0.2, 0.25) is 0 Å². The van der Waals surface area contributed by atoms with Crippen LogP contribution in [0.1, 0.15) is 44.1 Å². The van der Waals surface area contributed by atoms with Crippen LogP contribution in [0.5, 0.6) is 0 Å². The molecular formula is C15H17ClO. The van der Waals surface area contributed by atoms with Crippen LogP contribution in [0.4, 0.5) is 0 Å². The van der Waals surface area contributed by atoms with Crippen molar-refractivity contribution in [2.75, 3.05) is 0 Å². The molecule has 1 fully saturated rings. The van der Waals surface area contributed by atoms with E-state index < -0.39 is 0 Å². The van der Waals surface area contributed by atoms with E-state index in [1.54, 1.807) is 0 Å². The molecule has 1 aromatic rings. The molecule has 0 heterocycles. The molecule has 0 N–H and O–H groups in total. The first kappa shape index (κ1) is 12.4. The zero-order valence-corrected chi connectivity index (χ0v) is 10.7. The summed E-state index contributed by atoms with van der Waals surface area (Å²) in [6.07, 6.45) is 8.25. The van der Waals surface area contributed by atoms with Gasteiger partial charge < -0.3 is 0 Å². The number of halogens is 1. The van der Waals surface area contributed by atoms with Crippen molar-refractivity contribution in [2.45, 2.75) is 38.5 Å². The number of ketones is 1. The first-order valence-corrected chi connectivity index (χ1v) is 6.63. The minimum absolute atomic E-state index is 0.319. The number of Topliss-reactive ketones (excluding diaryl/α,β-unsaturated/α-hetero) is 1. The number of carbonyl (C=O) groups excluding carboxylic acids is 1. The predicted molar refractivity (Wildman–Crippen MR) is 72.1 cm³/mol. The summed E-state index contributed by atoms with van der Waals surface area (Å²) < 4.78 is 0. The van der Waals surface area contributed by atoms with Gasteiger partial charge in [-0.1, -0.05) is 36.6 Å². The van der Waals surface area contributed by atoms with Gasteiger partial charge in [0, 0.05) is 11.4 Å². The minimum atomic E-state index is 0.319. The second-order valence-corrected chi connectivity index (χ2v) is 4.99. The van der Waals surface area contributed by atoms with Crippen LogP contribution in [0.15, 0.2) is 29.8 Å². The number of hydrogen-bond donors (Lipinski definition) is 0. The lowest BCUT2D eigenvalue weighted by atomic mass is 9.94. The third-order valence-electron chi connectivity index (χ3n) is 3.17. The summed E-state index contributed by atoms with van der Waals surface area (Å²) in [4.78, 5) is 11.9. The zero-order valence-electron chi connectivity index (χ0n) is 9.92. The molecule has 1 aliphatic carbocycles. The van der Waals surface area contributed by atoms with Gasteiger partial charge in [0.25, 0.3) is 0 Å². The van der Waals surface area contributed by atoms with E-state index in [-0.39, 0.29) is 0 Å². The van der Waals surface area contributed by atoms with Crippen LogP contribution in [0.3, 0.4) is 0 Å². The Balaban J connectivity index is 2.17. The molecule has 90 valence electrons. The van der Waals surface area contributed by atoms with Gasteiger partial charge in [-0.3, -0.25) is 4.79 Å². The van der Waals surface area contributed by atoms with Gasteiger partial charge >= 0.3 is 0 Å². The largest absolute Gasteiger partial charge is 0.295 e.